The maximum absolute atomic E-state index is 13.6. The Bertz CT molecular complexity index is 527. The summed E-state index contributed by atoms with van der Waals surface area (Å²) in [6, 6.07) is 4.78. The average molecular weight is 250 g/mol. The first-order chi connectivity index (χ1) is 8.70. The molecule has 1 N–H and O–H groups in total. The van der Waals surface area contributed by atoms with Gasteiger partial charge < -0.3 is 14.6 Å². The number of nitrogens with zero attached hydrogens (tertiary/aromatic N) is 3. The summed E-state index contributed by atoms with van der Waals surface area (Å²) in [5.41, 5.74) is 0.680. The summed E-state index contributed by atoms with van der Waals surface area (Å²) in [6.45, 7) is 2.76. The summed E-state index contributed by atoms with van der Waals surface area (Å²) < 4.78 is 20.5. The largest absolute Gasteiger partial charge is 0.491 e. The molecule has 0 unspecified atom stereocenters. The van der Waals surface area contributed by atoms with Crippen LogP contribution in [0.5, 0.6) is 5.75 Å². The van der Waals surface area contributed by atoms with Gasteiger partial charge in [0.1, 0.15) is 6.33 Å². The molecule has 0 spiro atoms. The zero-order chi connectivity index (χ0) is 13.0. The standard InChI is InChI=1S/C12H15FN4O/c1-3-18-11-5-4-9(6-10(11)13)14-7-12-16-15-8-17(12)2/h4-6,8,14H,3,7H2,1-2H3. The fourth-order valence-electron chi connectivity index (χ4n) is 1.53. The van der Waals surface area contributed by atoms with Crippen molar-refractivity contribution in [2.24, 2.45) is 7.05 Å². The molecule has 0 radical (unpaired) electrons. The van der Waals surface area contributed by atoms with E-state index in [0.29, 0.717) is 18.8 Å². The number of aromatic nitrogens is 3. The van der Waals surface area contributed by atoms with Gasteiger partial charge in [-0.15, -0.1) is 10.2 Å². The number of rotatable bonds is 5. The van der Waals surface area contributed by atoms with Crippen molar-refractivity contribution in [3.63, 3.8) is 0 Å². The smallest absolute Gasteiger partial charge is 0.167 e. The molecule has 0 atom stereocenters. The van der Waals surface area contributed by atoms with Gasteiger partial charge in [-0.3, -0.25) is 0 Å². The van der Waals surface area contributed by atoms with Gasteiger partial charge in [-0.05, 0) is 19.1 Å². The number of anilines is 1. The Morgan fingerprint density at radius 2 is 2.28 bits per heavy atom. The average Bonchev–Trinajstić information content (AvgIpc) is 2.76. The number of halogens is 1. The normalized spacial score (nSPS) is 10.4. The van der Waals surface area contributed by atoms with Crippen LogP contribution in [-0.4, -0.2) is 21.4 Å². The molecule has 18 heavy (non-hydrogen) atoms. The Labute approximate surface area is 105 Å². The molecule has 0 aliphatic rings. The molecular formula is C12H15FN4O. The molecule has 5 nitrogen and oxygen atoms in total. The molecule has 96 valence electrons. The fraction of sp³-hybridized carbons (Fsp3) is 0.333. The highest BCUT2D eigenvalue weighted by molar-refractivity contribution is 5.47. The second-order valence-electron chi connectivity index (χ2n) is 3.79. The molecule has 0 fully saturated rings. The molecule has 2 rings (SSSR count). The second-order valence-corrected chi connectivity index (χ2v) is 3.79. The van der Waals surface area contributed by atoms with E-state index in [9.17, 15) is 4.39 Å². The number of nitrogens with one attached hydrogen (secondary N) is 1. The summed E-state index contributed by atoms with van der Waals surface area (Å²) in [6.07, 6.45) is 1.62. The maximum atomic E-state index is 13.6. The minimum Gasteiger partial charge on any atom is -0.491 e. The van der Waals surface area contributed by atoms with E-state index in [1.54, 1.807) is 23.0 Å². The van der Waals surface area contributed by atoms with Crippen LogP contribution in [0.1, 0.15) is 12.7 Å². The first-order valence-corrected chi connectivity index (χ1v) is 5.69. The van der Waals surface area contributed by atoms with Crippen LogP contribution in [0.4, 0.5) is 10.1 Å². The molecule has 0 amide bonds. The summed E-state index contributed by atoms with van der Waals surface area (Å²) in [7, 11) is 1.86. The van der Waals surface area contributed by atoms with Gasteiger partial charge in [-0.25, -0.2) is 4.39 Å². The van der Waals surface area contributed by atoms with E-state index in [0.717, 1.165) is 5.82 Å². The molecule has 0 aliphatic heterocycles. The summed E-state index contributed by atoms with van der Waals surface area (Å²) in [5.74, 6) is 0.672. The van der Waals surface area contributed by atoms with E-state index in [2.05, 4.69) is 15.5 Å². The first kappa shape index (κ1) is 12.3. The zero-order valence-electron chi connectivity index (χ0n) is 10.4. The van der Waals surface area contributed by atoms with Crippen LogP contribution in [0, 0.1) is 5.82 Å². The number of aryl methyl sites for hydroxylation is 1. The number of ether oxygens (including phenoxy) is 1. The van der Waals surface area contributed by atoms with E-state index in [-0.39, 0.29) is 11.6 Å². The van der Waals surface area contributed by atoms with E-state index >= 15 is 0 Å². The van der Waals surface area contributed by atoms with Crippen LogP contribution in [0.25, 0.3) is 0 Å². The van der Waals surface area contributed by atoms with Crippen LogP contribution in [-0.2, 0) is 13.6 Å². The van der Waals surface area contributed by atoms with Crippen LogP contribution in [0.3, 0.4) is 0 Å². The van der Waals surface area contributed by atoms with Gasteiger partial charge in [0.2, 0.25) is 0 Å². The highest BCUT2D eigenvalue weighted by atomic mass is 19.1. The molecule has 1 heterocycles. The SMILES string of the molecule is CCOc1ccc(NCc2nncn2C)cc1F. The van der Waals surface area contributed by atoms with Crippen LogP contribution in [0.2, 0.25) is 0 Å². The third-order valence-electron chi connectivity index (χ3n) is 2.49. The van der Waals surface area contributed by atoms with Crippen molar-refractivity contribution >= 4 is 5.69 Å². The summed E-state index contributed by atoms with van der Waals surface area (Å²) in [4.78, 5) is 0. The lowest BCUT2D eigenvalue weighted by Crippen LogP contribution is -2.06. The Morgan fingerprint density at radius 1 is 1.44 bits per heavy atom. The van der Waals surface area contributed by atoms with Gasteiger partial charge >= 0.3 is 0 Å². The predicted molar refractivity (Wildman–Crippen MR) is 65.9 cm³/mol. The van der Waals surface area contributed by atoms with Crippen LogP contribution < -0.4 is 10.1 Å². The minimum atomic E-state index is -0.375. The number of benzene rings is 1. The molecular weight excluding hydrogens is 235 g/mol. The minimum absolute atomic E-state index is 0.265. The Kier molecular flexibility index (Phi) is 3.76. The molecule has 1 aromatic carbocycles. The molecule has 0 bridgehead atoms. The van der Waals surface area contributed by atoms with Crippen LogP contribution in [0.15, 0.2) is 24.5 Å². The molecule has 1 aromatic heterocycles. The van der Waals surface area contributed by atoms with E-state index in [1.165, 1.54) is 6.07 Å². The van der Waals surface area contributed by atoms with Crippen molar-refractivity contribution in [1.82, 2.24) is 14.8 Å². The fourth-order valence-corrected chi connectivity index (χ4v) is 1.53. The van der Waals surface area contributed by atoms with Gasteiger partial charge in [-0.1, -0.05) is 0 Å². The second kappa shape index (κ2) is 5.48. The Balaban J connectivity index is 2.02. The third kappa shape index (κ3) is 2.77. The first-order valence-electron chi connectivity index (χ1n) is 5.69. The topological polar surface area (TPSA) is 52.0 Å². The predicted octanol–water partition coefficient (Wildman–Crippen LogP) is 1.96. The summed E-state index contributed by atoms with van der Waals surface area (Å²) in [5, 5.41) is 10.8. The highest BCUT2D eigenvalue weighted by Gasteiger charge is 2.05. The van der Waals surface area contributed by atoms with Crippen molar-refractivity contribution in [2.45, 2.75) is 13.5 Å². The van der Waals surface area contributed by atoms with Crippen molar-refractivity contribution in [2.75, 3.05) is 11.9 Å². The molecule has 6 heteroatoms. The zero-order valence-corrected chi connectivity index (χ0v) is 10.4. The van der Waals surface area contributed by atoms with Gasteiger partial charge in [0.25, 0.3) is 0 Å². The number of hydrogen-bond acceptors (Lipinski definition) is 4. The molecule has 0 saturated carbocycles. The lowest BCUT2D eigenvalue weighted by Gasteiger charge is -2.08. The van der Waals surface area contributed by atoms with E-state index in [1.807, 2.05) is 14.0 Å². The van der Waals surface area contributed by atoms with Gasteiger partial charge in [0.15, 0.2) is 17.4 Å². The van der Waals surface area contributed by atoms with Crippen LogP contribution >= 0.6 is 0 Å². The van der Waals surface area contributed by atoms with E-state index < -0.39 is 0 Å². The van der Waals surface area contributed by atoms with Gasteiger partial charge in [0, 0.05) is 18.8 Å². The van der Waals surface area contributed by atoms with Crippen molar-refractivity contribution in [3.05, 3.63) is 36.2 Å². The molecule has 0 saturated heterocycles. The molecule has 2 aromatic rings. The van der Waals surface area contributed by atoms with Crippen molar-refractivity contribution in [1.29, 1.82) is 0 Å². The maximum Gasteiger partial charge on any atom is 0.167 e. The highest BCUT2D eigenvalue weighted by Crippen LogP contribution is 2.21. The summed E-state index contributed by atoms with van der Waals surface area (Å²) >= 11 is 0. The van der Waals surface area contributed by atoms with Gasteiger partial charge in [0.05, 0.1) is 13.2 Å². The van der Waals surface area contributed by atoms with Crippen molar-refractivity contribution < 1.29 is 9.13 Å². The Hall–Kier alpha value is -2.11. The monoisotopic (exact) mass is 250 g/mol. The van der Waals surface area contributed by atoms with Crippen molar-refractivity contribution in [3.8, 4) is 5.75 Å². The van der Waals surface area contributed by atoms with Gasteiger partial charge in [-0.2, -0.15) is 0 Å². The lowest BCUT2D eigenvalue weighted by molar-refractivity contribution is 0.321. The van der Waals surface area contributed by atoms with E-state index in [4.69, 9.17) is 4.74 Å². The Morgan fingerprint density at radius 3 is 2.89 bits per heavy atom. The lowest BCUT2D eigenvalue weighted by atomic mass is 10.3. The third-order valence-corrected chi connectivity index (χ3v) is 2.49. The molecule has 0 aliphatic carbocycles. The number of hydrogen-bond donors (Lipinski definition) is 1. The quantitative estimate of drug-likeness (QED) is 0.881.